The molecule has 1 aliphatic rings. The van der Waals surface area contributed by atoms with Crippen molar-refractivity contribution in [1.82, 2.24) is 9.78 Å². The Balaban J connectivity index is 2.10. The van der Waals surface area contributed by atoms with Gasteiger partial charge in [0.2, 0.25) is 0 Å². The van der Waals surface area contributed by atoms with Crippen molar-refractivity contribution in [3.8, 4) is 0 Å². The van der Waals surface area contributed by atoms with E-state index in [0.29, 0.717) is 5.92 Å². The predicted octanol–water partition coefficient (Wildman–Crippen LogP) is 4.18. The molecule has 0 saturated carbocycles. The molecule has 4 nitrogen and oxygen atoms in total. The Morgan fingerprint density at radius 1 is 1.48 bits per heavy atom. The summed E-state index contributed by atoms with van der Waals surface area (Å²) in [7, 11) is 0. The molecule has 2 heterocycles. The fourth-order valence-electron chi connectivity index (χ4n) is 3.04. The Bertz CT molecular complexity index is 557. The maximum absolute atomic E-state index is 5.87. The molecule has 1 aliphatic heterocycles. The van der Waals surface area contributed by atoms with E-state index >= 15 is 0 Å². The Kier molecular flexibility index (Phi) is 6.63. The number of ether oxygens (including phenoxy) is 1. The quantitative estimate of drug-likeness (QED) is 0.675. The monoisotopic (exact) mass is 315 g/mol. The maximum Gasteiger partial charge on any atom is 0.133 e. The Hall–Kier alpha value is -1.84. The number of rotatable bonds is 8. The average molecular weight is 315 g/mol. The van der Waals surface area contributed by atoms with Gasteiger partial charge in [-0.1, -0.05) is 19.4 Å². The van der Waals surface area contributed by atoms with Crippen LogP contribution in [0.5, 0.6) is 0 Å². The van der Waals surface area contributed by atoms with Crippen molar-refractivity contribution in [2.45, 2.75) is 65.1 Å². The van der Waals surface area contributed by atoms with Crippen molar-refractivity contribution in [1.29, 1.82) is 0 Å². The summed E-state index contributed by atoms with van der Waals surface area (Å²) >= 11 is 0. The fraction of sp³-hybridized carbons (Fsp3) is 0.579. The van der Waals surface area contributed by atoms with Gasteiger partial charge in [-0.3, -0.25) is 9.67 Å². The summed E-state index contributed by atoms with van der Waals surface area (Å²) in [6, 6.07) is 2.36. The smallest absolute Gasteiger partial charge is 0.133 e. The number of aromatic nitrogens is 2. The van der Waals surface area contributed by atoms with Crippen LogP contribution in [0.25, 0.3) is 0 Å². The van der Waals surface area contributed by atoms with Crippen LogP contribution >= 0.6 is 0 Å². The lowest BCUT2D eigenvalue weighted by Crippen LogP contribution is -2.16. The molecule has 2 unspecified atom stereocenters. The second-order valence-corrected chi connectivity index (χ2v) is 6.45. The maximum atomic E-state index is 5.87. The molecule has 0 aliphatic carbocycles. The number of nitrogens with zero attached hydrogens (tertiary/aromatic N) is 3. The SMILES string of the molecule is C=CCn1nccc1CC1CC(CCC)C=C(OC(C)C)C=N1. The number of hydrogen-bond acceptors (Lipinski definition) is 3. The minimum atomic E-state index is 0.181. The van der Waals surface area contributed by atoms with Crippen LogP contribution in [-0.2, 0) is 17.7 Å². The van der Waals surface area contributed by atoms with Crippen LogP contribution in [0.4, 0.5) is 0 Å². The molecule has 0 N–H and O–H groups in total. The number of allylic oxidation sites excluding steroid dienone is 3. The van der Waals surface area contributed by atoms with Gasteiger partial charge in [0.15, 0.2) is 0 Å². The summed E-state index contributed by atoms with van der Waals surface area (Å²) in [5.74, 6) is 1.44. The van der Waals surface area contributed by atoms with E-state index in [1.54, 1.807) is 0 Å². The topological polar surface area (TPSA) is 39.4 Å². The molecule has 2 rings (SSSR count). The summed E-state index contributed by atoms with van der Waals surface area (Å²) in [5.41, 5.74) is 1.22. The third kappa shape index (κ3) is 5.38. The van der Waals surface area contributed by atoms with Crippen LogP contribution in [-0.4, -0.2) is 28.1 Å². The van der Waals surface area contributed by atoms with E-state index in [2.05, 4.69) is 44.6 Å². The molecule has 0 fully saturated rings. The van der Waals surface area contributed by atoms with E-state index in [4.69, 9.17) is 9.73 Å². The van der Waals surface area contributed by atoms with Crippen molar-refractivity contribution in [3.05, 3.63) is 42.4 Å². The van der Waals surface area contributed by atoms with Gasteiger partial charge in [-0.25, -0.2) is 0 Å². The summed E-state index contributed by atoms with van der Waals surface area (Å²) in [5, 5.41) is 4.36. The average Bonchev–Trinajstić information content (AvgIpc) is 2.82. The van der Waals surface area contributed by atoms with Gasteiger partial charge >= 0.3 is 0 Å². The first-order valence-electron chi connectivity index (χ1n) is 8.65. The van der Waals surface area contributed by atoms with Gasteiger partial charge in [0.05, 0.1) is 24.9 Å². The van der Waals surface area contributed by atoms with Gasteiger partial charge in [-0.05, 0) is 44.7 Å². The largest absolute Gasteiger partial charge is 0.490 e. The zero-order valence-corrected chi connectivity index (χ0v) is 14.6. The molecule has 23 heavy (non-hydrogen) atoms. The predicted molar refractivity (Wildman–Crippen MR) is 95.7 cm³/mol. The fourth-order valence-corrected chi connectivity index (χ4v) is 3.04. The second-order valence-electron chi connectivity index (χ2n) is 6.45. The molecule has 0 bridgehead atoms. The molecule has 2 atom stereocenters. The third-order valence-electron chi connectivity index (χ3n) is 3.97. The molecule has 0 saturated heterocycles. The second kappa shape index (κ2) is 8.70. The van der Waals surface area contributed by atoms with E-state index in [0.717, 1.165) is 25.1 Å². The molecule has 0 radical (unpaired) electrons. The molecule has 0 aromatic carbocycles. The first-order chi connectivity index (χ1) is 11.1. The highest BCUT2D eigenvalue weighted by Gasteiger charge is 2.19. The highest BCUT2D eigenvalue weighted by atomic mass is 16.5. The van der Waals surface area contributed by atoms with Crippen LogP contribution in [0.15, 0.2) is 41.7 Å². The van der Waals surface area contributed by atoms with Gasteiger partial charge in [0.1, 0.15) is 5.76 Å². The summed E-state index contributed by atoms with van der Waals surface area (Å²) in [6.07, 6.45) is 12.4. The number of hydrogen-bond donors (Lipinski definition) is 0. The van der Waals surface area contributed by atoms with Gasteiger partial charge in [-0.2, -0.15) is 5.10 Å². The normalized spacial score (nSPS) is 21.1. The molecule has 1 aromatic heterocycles. The van der Waals surface area contributed by atoms with Crippen LogP contribution in [0.3, 0.4) is 0 Å². The van der Waals surface area contributed by atoms with Crippen LogP contribution < -0.4 is 0 Å². The lowest BCUT2D eigenvalue weighted by atomic mass is 9.93. The highest BCUT2D eigenvalue weighted by Crippen LogP contribution is 2.24. The van der Waals surface area contributed by atoms with Gasteiger partial charge in [-0.15, -0.1) is 6.58 Å². The van der Waals surface area contributed by atoms with Gasteiger partial charge in [0.25, 0.3) is 0 Å². The highest BCUT2D eigenvalue weighted by molar-refractivity contribution is 5.76. The van der Waals surface area contributed by atoms with Gasteiger partial charge < -0.3 is 4.74 Å². The van der Waals surface area contributed by atoms with Crippen molar-refractivity contribution in [3.63, 3.8) is 0 Å². The molecular weight excluding hydrogens is 286 g/mol. The van der Waals surface area contributed by atoms with Crippen molar-refractivity contribution in [2.24, 2.45) is 10.9 Å². The lowest BCUT2D eigenvalue weighted by Gasteiger charge is -2.17. The Morgan fingerprint density at radius 2 is 2.30 bits per heavy atom. The van der Waals surface area contributed by atoms with Crippen LogP contribution in [0.1, 0.15) is 45.7 Å². The van der Waals surface area contributed by atoms with Crippen molar-refractivity contribution >= 4 is 6.21 Å². The Morgan fingerprint density at radius 3 is 3.00 bits per heavy atom. The standard InChI is InChI=1S/C19H29N3O/c1-5-7-16-11-17(20-14-19(12-16)23-15(3)4)13-18-8-9-21-22(18)10-6-2/h6,8-9,12,14-17H,2,5,7,10-11,13H2,1,3-4H3. The minimum absolute atomic E-state index is 0.181. The van der Waals surface area contributed by atoms with E-state index in [9.17, 15) is 0 Å². The third-order valence-corrected chi connectivity index (χ3v) is 3.97. The summed E-state index contributed by atoms with van der Waals surface area (Å²) < 4.78 is 7.88. The molecule has 1 aromatic rings. The van der Waals surface area contributed by atoms with Crippen LogP contribution in [0.2, 0.25) is 0 Å². The zero-order chi connectivity index (χ0) is 16.7. The van der Waals surface area contributed by atoms with E-state index in [1.807, 2.05) is 23.2 Å². The summed E-state index contributed by atoms with van der Waals surface area (Å²) in [6.45, 7) is 10.9. The zero-order valence-electron chi connectivity index (χ0n) is 14.6. The van der Waals surface area contributed by atoms with Crippen LogP contribution in [0, 0.1) is 5.92 Å². The van der Waals surface area contributed by atoms with Gasteiger partial charge in [0, 0.05) is 18.3 Å². The molecule has 0 spiro atoms. The minimum Gasteiger partial charge on any atom is -0.490 e. The molecule has 126 valence electrons. The van der Waals surface area contributed by atoms with E-state index < -0.39 is 0 Å². The Labute approximate surface area is 140 Å². The molecular formula is C19H29N3O. The van der Waals surface area contributed by atoms with Crippen molar-refractivity contribution < 1.29 is 4.74 Å². The van der Waals surface area contributed by atoms with E-state index in [1.165, 1.54) is 18.5 Å². The number of aliphatic imine (C=N–C) groups is 1. The molecule has 0 amide bonds. The first-order valence-corrected chi connectivity index (χ1v) is 8.65. The lowest BCUT2D eigenvalue weighted by molar-refractivity contribution is 0.163. The molecule has 4 heteroatoms. The van der Waals surface area contributed by atoms with E-state index in [-0.39, 0.29) is 12.1 Å². The summed E-state index contributed by atoms with van der Waals surface area (Å²) in [4.78, 5) is 4.78. The van der Waals surface area contributed by atoms with Crippen molar-refractivity contribution in [2.75, 3.05) is 0 Å². The first kappa shape index (κ1) is 17.5.